The summed E-state index contributed by atoms with van der Waals surface area (Å²) in [5, 5.41) is 0. The number of nitrogens with zero attached hydrogens (tertiary/aromatic N) is 3. The average molecular weight is 480 g/mol. The number of carbonyl (C=O) groups is 1. The van der Waals surface area contributed by atoms with Gasteiger partial charge in [0.2, 0.25) is 0 Å². The van der Waals surface area contributed by atoms with Gasteiger partial charge in [0.05, 0.1) is 17.3 Å². The molecular formula is C26H29N3O4S. The SMILES string of the molecule is CCOc1ccc(CS(=O)(=O)c2ccc(C)c(C(=O)N3CCN(c4ccccn4)CC3)c2)cc1. The fourth-order valence-electron chi connectivity index (χ4n) is 4.03. The topological polar surface area (TPSA) is 79.8 Å². The number of anilines is 1. The summed E-state index contributed by atoms with van der Waals surface area (Å²) < 4.78 is 31.6. The van der Waals surface area contributed by atoms with Crippen molar-refractivity contribution in [2.24, 2.45) is 0 Å². The van der Waals surface area contributed by atoms with Gasteiger partial charge in [-0.1, -0.05) is 24.3 Å². The maximum atomic E-state index is 13.3. The van der Waals surface area contributed by atoms with Crippen LogP contribution in [0.25, 0.3) is 0 Å². The van der Waals surface area contributed by atoms with Crippen LogP contribution in [0.5, 0.6) is 5.75 Å². The van der Waals surface area contributed by atoms with Crippen LogP contribution in [0.15, 0.2) is 71.8 Å². The molecule has 3 aromatic rings. The summed E-state index contributed by atoms with van der Waals surface area (Å²) in [4.78, 5) is 21.7. The Labute approximate surface area is 200 Å². The third-order valence-electron chi connectivity index (χ3n) is 5.93. The van der Waals surface area contributed by atoms with E-state index in [4.69, 9.17) is 4.74 Å². The molecule has 1 aliphatic heterocycles. The van der Waals surface area contributed by atoms with Crippen LogP contribution in [0.3, 0.4) is 0 Å². The van der Waals surface area contributed by atoms with E-state index in [9.17, 15) is 13.2 Å². The van der Waals surface area contributed by atoms with Crippen molar-refractivity contribution in [3.8, 4) is 5.75 Å². The second-order valence-electron chi connectivity index (χ2n) is 8.28. The number of pyridine rings is 1. The zero-order valence-electron chi connectivity index (χ0n) is 19.5. The van der Waals surface area contributed by atoms with Gasteiger partial charge >= 0.3 is 0 Å². The molecule has 7 nitrogen and oxygen atoms in total. The van der Waals surface area contributed by atoms with Crippen molar-refractivity contribution in [1.82, 2.24) is 9.88 Å². The number of rotatable bonds is 7. The summed E-state index contributed by atoms with van der Waals surface area (Å²) in [5.74, 6) is 1.32. The highest BCUT2D eigenvalue weighted by Gasteiger charge is 2.25. The van der Waals surface area contributed by atoms with Crippen molar-refractivity contribution in [2.45, 2.75) is 24.5 Å². The van der Waals surface area contributed by atoms with E-state index in [0.29, 0.717) is 49.7 Å². The molecule has 0 unspecified atom stereocenters. The van der Waals surface area contributed by atoms with Crippen molar-refractivity contribution < 1.29 is 17.9 Å². The van der Waals surface area contributed by atoms with Gasteiger partial charge in [-0.15, -0.1) is 0 Å². The van der Waals surface area contributed by atoms with Gasteiger partial charge in [0.1, 0.15) is 11.6 Å². The van der Waals surface area contributed by atoms with Crippen LogP contribution in [0.2, 0.25) is 0 Å². The first-order valence-corrected chi connectivity index (χ1v) is 13.0. The van der Waals surface area contributed by atoms with Crippen LogP contribution >= 0.6 is 0 Å². The van der Waals surface area contributed by atoms with Gasteiger partial charge in [-0.2, -0.15) is 0 Å². The molecule has 1 amide bonds. The number of aromatic nitrogens is 1. The van der Waals surface area contributed by atoms with Crippen LogP contribution < -0.4 is 9.64 Å². The fraction of sp³-hybridized carbons (Fsp3) is 0.308. The Morgan fingerprint density at radius 3 is 2.38 bits per heavy atom. The number of piperazine rings is 1. The summed E-state index contributed by atoms with van der Waals surface area (Å²) in [7, 11) is -3.61. The van der Waals surface area contributed by atoms with Crippen molar-refractivity contribution in [3.63, 3.8) is 0 Å². The first-order chi connectivity index (χ1) is 16.4. The van der Waals surface area contributed by atoms with Crippen LogP contribution in [0.1, 0.15) is 28.4 Å². The summed E-state index contributed by atoms with van der Waals surface area (Å²) in [6.07, 6.45) is 1.76. The molecule has 0 spiro atoms. The van der Waals surface area contributed by atoms with E-state index < -0.39 is 9.84 Å². The quantitative estimate of drug-likeness (QED) is 0.514. The molecule has 0 N–H and O–H groups in total. The highest BCUT2D eigenvalue weighted by atomic mass is 32.2. The first-order valence-electron chi connectivity index (χ1n) is 11.4. The molecule has 0 atom stereocenters. The van der Waals surface area contributed by atoms with Gasteiger partial charge in [-0.05, 0) is 61.4 Å². The van der Waals surface area contributed by atoms with Crippen LogP contribution in [0, 0.1) is 6.92 Å². The predicted octanol–water partition coefficient (Wildman–Crippen LogP) is 3.73. The van der Waals surface area contributed by atoms with Gasteiger partial charge in [-0.3, -0.25) is 4.79 Å². The zero-order chi connectivity index (χ0) is 24.1. The number of amides is 1. The van der Waals surface area contributed by atoms with E-state index in [1.54, 1.807) is 47.5 Å². The van der Waals surface area contributed by atoms with Crippen LogP contribution in [-0.2, 0) is 15.6 Å². The van der Waals surface area contributed by atoms with E-state index in [-0.39, 0.29) is 16.6 Å². The molecule has 178 valence electrons. The fourth-order valence-corrected chi connectivity index (χ4v) is 5.40. The minimum Gasteiger partial charge on any atom is -0.494 e. The van der Waals surface area contributed by atoms with Crippen LogP contribution in [-0.4, -0.2) is 57.0 Å². The molecule has 8 heteroatoms. The molecule has 34 heavy (non-hydrogen) atoms. The number of aryl methyl sites for hydroxylation is 1. The third kappa shape index (κ3) is 5.39. The molecule has 2 aromatic carbocycles. The summed E-state index contributed by atoms with van der Waals surface area (Å²) >= 11 is 0. The molecule has 1 saturated heterocycles. The molecule has 1 aliphatic rings. The minimum atomic E-state index is -3.61. The summed E-state index contributed by atoms with van der Waals surface area (Å²) in [5.41, 5.74) is 1.86. The van der Waals surface area contributed by atoms with Crippen LogP contribution in [0.4, 0.5) is 5.82 Å². The Morgan fingerprint density at radius 2 is 1.74 bits per heavy atom. The zero-order valence-corrected chi connectivity index (χ0v) is 20.3. The molecular weight excluding hydrogens is 450 g/mol. The molecule has 4 rings (SSSR count). The highest BCUT2D eigenvalue weighted by Crippen LogP contribution is 2.23. The number of ether oxygens (including phenoxy) is 1. The smallest absolute Gasteiger partial charge is 0.254 e. The van der Waals surface area contributed by atoms with E-state index in [0.717, 1.165) is 11.4 Å². The van der Waals surface area contributed by atoms with E-state index in [1.165, 1.54) is 6.07 Å². The lowest BCUT2D eigenvalue weighted by Crippen LogP contribution is -2.49. The normalized spacial score (nSPS) is 14.2. The standard InChI is InChI=1S/C26H29N3O4S/c1-3-33-22-10-8-21(9-11-22)19-34(31,32)23-12-7-20(2)24(18-23)26(30)29-16-14-28(15-17-29)25-6-4-5-13-27-25/h4-13,18H,3,14-17,19H2,1-2H3. The maximum absolute atomic E-state index is 13.3. The molecule has 0 bridgehead atoms. The highest BCUT2D eigenvalue weighted by molar-refractivity contribution is 7.90. The van der Waals surface area contributed by atoms with Gasteiger partial charge in [-0.25, -0.2) is 13.4 Å². The molecule has 1 fully saturated rings. The minimum absolute atomic E-state index is 0.140. The van der Waals surface area contributed by atoms with Gasteiger partial charge in [0.15, 0.2) is 9.84 Å². The Morgan fingerprint density at radius 1 is 1.00 bits per heavy atom. The van der Waals surface area contributed by atoms with Gasteiger partial charge < -0.3 is 14.5 Å². The Hall–Kier alpha value is -3.39. The van der Waals surface area contributed by atoms with Crippen molar-refractivity contribution in [1.29, 1.82) is 0 Å². The molecule has 2 heterocycles. The van der Waals surface area contributed by atoms with Gasteiger partial charge in [0.25, 0.3) is 5.91 Å². The monoisotopic (exact) mass is 479 g/mol. The van der Waals surface area contributed by atoms with Crippen molar-refractivity contribution in [2.75, 3.05) is 37.7 Å². The number of sulfone groups is 1. The number of benzene rings is 2. The number of carbonyl (C=O) groups excluding carboxylic acids is 1. The summed E-state index contributed by atoms with van der Waals surface area (Å²) in [6.45, 7) is 6.75. The predicted molar refractivity (Wildman–Crippen MR) is 132 cm³/mol. The maximum Gasteiger partial charge on any atom is 0.254 e. The Bertz CT molecular complexity index is 1240. The van der Waals surface area contributed by atoms with Crippen molar-refractivity contribution in [3.05, 3.63) is 83.6 Å². The van der Waals surface area contributed by atoms with Crippen molar-refractivity contribution >= 4 is 21.6 Å². The number of hydrogen-bond donors (Lipinski definition) is 0. The lowest BCUT2D eigenvalue weighted by atomic mass is 10.1. The van der Waals surface area contributed by atoms with E-state index in [1.807, 2.05) is 32.0 Å². The largest absolute Gasteiger partial charge is 0.494 e. The molecule has 0 saturated carbocycles. The Kier molecular flexibility index (Phi) is 7.17. The third-order valence-corrected chi connectivity index (χ3v) is 7.62. The molecule has 1 aromatic heterocycles. The van der Waals surface area contributed by atoms with Gasteiger partial charge in [0, 0.05) is 37.9 Å². The second-order valence-corrected chi connectivity index (χ2v) is 10.3. The second kappa shape index (κ2) is 10.3. The average Bonchev–Trinajstić information content (AvgIpc) is 2.85. The number of hydrogen-bond acceptors (Lipinski definition) is 6. The molecule has 0 aliphatic carbocycles. The lowest BCUT2D eigenvalue weighted by Gasteiger charge is -2.35. The van der Waals surface area contributed by atoms with E-state index >= 15 is 0 Å². The Balaban J connectivity index is 1.47. The molecule has 0 radical (unpaired) electrons. The van der Waals surface area contributed by atoms with E-state index in [2.05, 4.69) is 9.88 Å². The first kappa shape index (κ1) is 23.8. The lowest BCUT2D eigenvalue weighted by molar-refractivity contribution is 0.0745. The summed E-state index contributed by atoms with van der Waals surface area (Å²) in [6, 6.07) is 17.6.